The van der Waals surface area contributed by atoms with Crippen LogP contribution in [0, 0.1) is 0 Å². The number of carboxylic acid groups (broad SMARTS) is 1. The Kier molecular flexibility index (Phi) is 4.98. The van der Waals surface area contributed by atoms with Gasteiger partial charge in [-0.2, -0.15) is 0 Å². The molecule has 0 radical (unpaired) electrons. The molecule has 0 saturated heterocycles. The van der Waals surface area contributed by atoms with Gasteiger partial charge in [-0.05, 0) is 42.5 Å². The van der Waals surface area contributed by atoms with Crippen molar-refractivity contribution < 1.29 is 24.2 Å². The maximum absolute atomic E-state index is 12.1. The van der Waals surface area contributed by atoms with Gasteiger partial charge in [0.1, 0.15) is 11.5 Å². The smallest absolute Gasteiger partial charge is 0.341 e. The molecule has 0 fully saturated rings. The summed E-state index contributed by atoms with van der Waals surface area (Å²) >= 11 is 0. The van der Waals surface area contributed by atoms with Crippen molar-refractivity contribution in [1.29, 1.82) is 0 Å². The molecular weight excluding hydrogens is 286 g/mol. The molecule has 2 rings (SSSR count). The quantitative estimate of drug-likeness (QED) is 0.856. The molecule has 114 valence electrons. The molecule has 2 N–H and O–H groups in total. The zero-order chi connectivity index (χ0) is 15.9. The molecule has 0 heterocycles. The molecule has 0 aliphatic heterocycles. The van der Waals surface area contributed by atoms with Crippen molar-refractivity contribution in [1.82, 2.24) is 0 Å². The Bertz CT molecular complexity index is 666. The Labute approximate surface area is 127 Å². The first-order chi connectivity index (χ1) is 10.6. The summed E-state index contributed by atoms with van der Waals surface area (Å²) in [5.74, 6) is -0.291. The lowest BCUT2D eigenvalue weighted by atomic mass is 10.2. The predicted octanol–water partition coefficient (Wildman–Crippen LogP) is 2.41. The van der Waals surface area contributed by atoms with Crippen LogP contribution in [0.25, 0.3) is 0 Å². The fourth-order valence-electron chi connectivity index (χ4n) is 1.75. The van der Waals surface area contributed by atoms with E-state index in [1.165, 1.54) is 7.11 Å². The number of anilines is 1. The minimum absolute atomic E-state index is 0.266. The number of carbonyl (C=O) groups is 2. The Morgan fingerprint density at radius 2 is 1.82 bits per heavy atom. The maximum atomic E-state index is 12.1. The molecule has 0 saturated carbocycles. The van der Waals surface area contributed by atoms with Crippen molar-refractivity contribution in [3.05, 3.63) is 54.1 Å². The fraction of sp³-hybridized carbons (Fsp3) is 0.125. The first kappa shape index (κ1) is 15.4. The van der Waals surface area contributed by atoms with Crippen molar-refractivity contribution in [3.8, 4) is 11.5 Å². The summed E-state index contributed by atoms with van der Waals surface area (Å²) in [6, 6.07) is 13.3. The number of rotatable bonds is 6. The van der Waals surface area contributed by atoms with Gasteiger partial charge in [0.2, 0.25) is 0 Å². The van der Waals surface area contributed by atoms with Crippen LogP contribution in [0.2, 0.25) is 0 Å². The first-order valence-electron chi connectivity index (χ1n) is 6.48. The van der Waals surface area contributed by atoms with Gasteiger partial charge in [-0.3, -0.25) is 4.79 Å². The monoisotopic (exact) mass is 301 g/mol. The SMILES string of the molecule is COc1cccc(C(=O)Nc2ccc(OCC(=O)O)cc2)c1. The van der Waals surface area contributed by atoms with Crippen LogP contribution < -0.4 is 14.8 Å². The Morgan fingerprint density at radius 3 is 2.45 bits per heavy atom. The average molecular weight is 301 g/mol. The molecule has 2 aromatic carbocycles. The van der Waals surface area contributed by atoms with Gasteiger partial charge >= 0.3 is 5.97 Å². The standard InChI is InChI=1S/C16H15NO5/c1-21-14-4-2-3-11(9-14)16(20)17-12-5-7-13(8-6-12)22-10-15(18)19/h2-9H,10H2,1H3,(H,17,20)(H,18,19). The van der Waals surface area contributed by atoms with Gasteiger partial charge in [-0.25, -0.2) is 4.79 Å². The number of hydrogen-bond acceptors (Lipinski definition) is 4. The number of carbonyl (C=O) groups excluding carboxylic acids is 1. The van der Waals surface area contributed by atoms with E-state index in [0.717, 1.165) is 0 Å². The van der Waals surface area contributed by atoms with Gasteiger partial charge in [0.25, 0.3) is 5.91 Å². The predicted molar refractivity (Wildman–Crippen MR) is 80.5 cm³/mol. The van der Waals surface area contributed by atoms with Crippen molar-refractivity contribution >= 4 is 17.6 Å². The number of hydrogen-bond donors (Lipinski definition) is 2. The van der Waals surface area contributed by atoms with E-state index in [0.29, 0.717) is 22.7 Å². The Hall–Kier alpha value is -3.02. The number of aliphatic carboxylic acids is 1. The van der Waals surface area contributed by atoms with Crippen LogP contribution in [-0.2, 0) is 4.79 Å². The maximum Gasteiger partial charge on any atom is 0.341 e. The van der Waals surface area contributed by atoms with Crippen LogP contribution in [0.3, 0.4) is 0 Å². The number of benzene rings is 2. The highest BCUT2D eigenvalue weighted by Crippen LogP contribution is 2.18. The number of methoxy groups -OCH3 is 1. The molecule has 1 amide bonds. The average Bonchev–Trinajstić information content (AvgIpc) is 2.54. The lowest BCUT2D eigenvalue weighted by molar-refractivity contribution is -0.139. The molecule has 22 heavy (non-hydrogen) atoms. The van der Waals surface area contributed by atoms with Gasteiger partial charge in [-0.1, -0.05) is 6.07 Å². The van der Waals surface area contributed by atoms with Gasteiger partial charge < -0.3 is 19.9 Å². The van der Waals surface area contributed by atoms with Crippen LogP contribution in [0.5, 0.6) is 11.5 Å². The normalized spacial score (nSPS) is 9.86. The summed E-state index contributed by atoms with van der Waals surface area (Å²) in [5, 5.41) is 11.3. The van der Waals surface area contributed by atoms with Crippen LogP contribution in [-0.4, -0.2) is 30.7 Å². The second kappa shape index (κ2) is 7.12. The highest BCUT2D eigenvalue weighted by atomic mass is 16.5. The van der Waals surface area contributed by atoms with E-state index in [4.69, 9.17) is 14.6 Å². The van der Waals surface area contributed by atoms with E-state index in [1.807, 2.05) is 0 Å². The summed E-state index contributed by atoms with van der Waals surface area (Å²) < 4.78 is 10.1. The van der Waals surface area contributed by atoms with Gasteiger partial charge in [-0.15, -0.1) is 0 Å². The number of nitrogens with one attached hydrogen (secondary N) is 1. The van der Waals surface area contributed by atoms with Gasteiger partial charge in [0.05, 0.1) is 7.11 Å². The molecule has 0 aliphatic rings. The molecule has 0 aromatic heterocycles. The van der Waals surface area contributed by atoms with Crippen LogP contribution in [0.1, 0.15) is 10.4 Å². The minimum Gasteiger partial charge on any atom is -0.497 e. The van der Waals surface area contributed by atoms with Crippen molar-refractivity contribution in [2.45, 2.75) is 0 Å². The highest BCUT2D eigenvalue weighted by molar-refractivity contribution is 6.04. The van der Waals surface area contributed by atoms with Crippen LogP contribution >= 0.6 is 0 Å². The Balaban J connectivity index is 2.00. The lowest BCUT2D eigenvalue weighted by Crippen LogP contribution is -2.12. The van der Waals surface area contributed by atoms with Gasteiger partial charge in [0, 0.05) is 11.3 Å². The molecule has 6 heteroatoms. The lowest BCUT2D eigenvalue weighted by Gasteiger charge is -2.08. The fourth-order valence-corrected chi connectivity index (χ4v) is 1.75. The molecule has 2 aromatic rings. The van der Waals surface area contributed by atoms with E-state index in [9.17, 15) is 9.59 Å². The Morgan fingerprint density at radius 1 is 1.09 bits per heavy atom. The molecule has 0 spiro atoms. The zero-order valence-corrected chi connectivity index (χ0v) is 11.9. The number of ether oxygens (including phenoxy) is 2. The van der Waals surface area contributed by atoms with E-state index in [1.54, 1.807) is 48.5 Å². The largest absolute Gasteiger partial charge is 0.497 e. The second-order valence-electron chi connectivity index (χ2n) is 4.39. The van der Waals surface area contributed by atoms with Crippen molar-refractivity contribution in [3.63, 3.8) is 0 Å². The third-order valence-electron chi connectivity index (χ3n) is 2.81. The minimum atomic E-state index is -1.05. The van der Waals surface area contributed by atoms with Crippen molar-refractivity contribution in [2.24, 2.45) is 0 Å². The molecular formula is C16H15NO5. The molecule has 0 bridgehead atoms. The first-order valence-corrected chi connectivity index (χ1v) is 6.48. The second-order valence-corrected chi connectivity index (χ2v) is 4.39. The van der Waals surface area contributed by atoms with E-state index in [-0.39, 0.29) is 5.91 Å². The summed E-state index contributed by atoms with van der Waals surface area (Å²) in [4.78, 5) is 22.5. The summed E-state index contributed by atoms with van der Waals surface area (Å²) in [7, 11) is 1.53. The summed E-state index contributed by atoms with van der Waals surface area (Å²) in [6.45, 7) is -0.407. The zero-order valence-electron chi connectivity index (χ0n) is 11.9. The van der Waals surface area contributed by atoms with Crippen LogP contribution in [0.15, 0.2) is 48.5 Å². The third-order valence-corrected chi connectivity index (χ3v) is 2.81. The summed E-state index contributed by atoms with van der Waals surface area (Å²) in [6.07, 6.45) is 0. The molecule has 0 aliphatic carbocycles. The van der Waals surface area contributed by atoms with Gasteiger partial charge in [0.15, 0.2) is 6.61 Å². The highest BCUT2D eigenvalue weighted by Gasteiger charge is 2.07. The van der Waals surface area contributed by atoms with Crippen LogP contribution in [0.4, 0.5) is 5.69 Å². The summed E-state index contributed by atoms with van der Waals surface area (Å²) in [5.41, 5.74) is 1.06. The van der Waals surface area contributed by atoms with E-state index in [2.05, 4.69) is 5.32 Å². The topological polar surface area (TPSA) is 84.9 Å². The number of amides is 1. The molecule has 6 nitrogen and oxygen atoms in total. The van der Waals surface area contributed by atoms with E-state index < -0.39 is 12.6 Å². The third kappa shape index (κ3) is 4.24. The number of carboxylic acids is 1. The van der Waals surface area contributed by atoms with Crippen molar-refractivity contribution in [2.75, 3.05) is 19.0 Å². The van der Waals surface area contributed by atoms with E-state index >= 15 is 0 Å². The molecule has 0 unspecified atom stereocenters. The molecule has 0 atom stereocenters.